The van der Waals surface area contributed by atoms with E-state index >= 15 is 0 Å². The lowest BCUT2D eigenvalue weighted by Crippen LogP contribution is -2.75. The number of aliphatic hydroxyl groups is 1. The third-order valence-electron chi connectivity index (χ3n) is 8.66. The normalized spacial score (nSPS) is 25.6. The number of aliphatic hydroxyl groups excluding tert-OH is 1. The van der Waals surface area contributed by atoms with Crippen molar-refractivity contribution in [3.63, 3.8) is 0 Å². The van der Waals surface area contributed by atoms with Crippen molar-refractivity contribution < 1.29 is 24.2 Å². The summed E-state index contributed by atoms with van der Waals surface area (Å²) in [6.07, 6.45) is 7.41. The van der Waals surface area contributed by atoms with Gasteiger partial charge in [0.1, 0.15) is 24.8 Å². The van der Waals surface area contributed by atoms with Crippen molar-refractivity contribution in [2.75, 3.05) is 32.8 Å². The van der Waals surface area contributed by atoms with E-state index in [1.54, 1.807) is 0 Å². The summed E-state index contributed by atoms with van der Waals surface area (Å²) < 4.78 is 11.4. The van der Waals surface area contributed by atoms with Crippen LogP contribution in [-0.4, -0.2) is 77.3 Å². The molecule has 3 fully saturated rings. The van der Waals surface area contributed by atoms with Gasteiger partial charge in [-0.05, 0) is 55.7 Å². The molecule has 1 aromatic carbocycles. The molecule has 1 spiro atoms. The molecule has 2 N–H and O–H groups in total. The van der Waals surface area contributed by atoms with Crippen molar-refractivity contribution in [2.45, 2.75) is 88.9 Å². The molecule has 3 heterocycles. The molecule has 0 radical (unpaired) electrons. The Morgan fingerprint density at radius 2 is 1.81 bits per heavy atom. The number of carbonyl (C=O) groups excluding carboxylic acids is 2. The summed E-state index contributed by atoms with van der Waals surface area (Å²) in [7, 11) is 0. The number of fused-ring (bicyclic) bond motifs is 1. The van der Waals surface area contributed by atoms with Crippen LogP contribution >= 0.6 is 0 Å². The number of ether oxygens (including phenoxy) is 2. The minimum absolute atomic E-state index is 0.0860. The number of benzene rings is 1. The molecular formula is C28H41N3O5. The first-order chi connectivity index (χ1) is 17.5. The number of piperazine rings is 1. The zero-order valence-corrected chi connectivity index (χ0v) is 21.5. The molecule has 2 saturated heterocycles. The first-order valence-corrected chi connectivity index (χ1v) is 13.9. The van der Waals surface area contributed by atoms with E-state index in [2.05, 4.69) is 23.2 Å². The Kier molecular flexibility index (Phi) is 7.72. The minimum atomic E-state index is -0.821. The van der Waals surface area contributed by atoms with Gasteiger partial charge in [-0.2, -0.15) is 0 Å². The Balaban J connectivity index is 1.27. The predicted octanol–water partition coefficient (Wildman–Crippen LogP) is 2.86. The monoisotopic (exact) mass is 499 g/mol. The highest BCUT2D eigenvalue weighted by atomic mass is 16.6. The number of nitrogens with zero attached hydrogens (tertiary/aromatic N) is 2. The molecule has 5 rings (SSSR count). The van der Waals surface area contributed by atoms with Crippen molar-refractivity contribution in [1.82, 2.24) is 15.1 Å². The van der Waals surface area contributed by atoms with Gasteiger partial charge < -0.3 is 24.8 Å². The largest absolute Gasteiger partial charge is 0.486 e. The lowest BCUT2D eigenvalue weighted by molar-refractivity contribution is -0.166. The van der Waals surface area contributed by atoms with Crippen molar-refractivity contribution in [3.05, 3.63) is 23.8 Å². The van der Waals surface area contributed by atoms with Gasteiger partial charge in [0, 0.05) is 26.2 Å². The molecule has 2 amide bonds. The Labute approximate surface area is 214 Å². The van der Waals surface area contributed by atoms with Gasteiger partial charge >= 0.3 is 0 Å². The topological polar surface area (TPSA) is 91.3 Å². The fraction of sp³-hybridized carbons (Fsp3) is 0.714. The maximum Gasteiger partial charge on any atom is 0.248 e. The first-order valence-electron chi connectivity index (χ1n) is 13.9. The lowest BCUT2D eigenvalue weighted by Gasteiger charge is -2.52. The highest BCUT2D eigenvalue weighted by Crippen LogP contribution is 2.37. The molecular weight excluding hydrogens is 458 g/mol. The molecule has 0 aromatic heterocycles. The van der Waals surface area contributed by atoms with E-state index in [1.807, 2.05) is 17.0 Å². The van der Waals surface area contributed by atoms with E-state index in [0.717, 1.165) is 75.2 Å². The molecule has 8 heteroatoms. The van der Waals surface area contributed by atoms with Gasteiger partial charge in [0.2, 0.25) is 11.8 Å². The van der Waals surface area contributed by atoms with E-state index in [1.165, 1.54) is 6.42 Å². The predicted molar refractivity (Wildman–Crippen MR) is 136 cm³/mol. The number of unbranched alkanes of at least 4 members (excludes halogenated alkanes) is 1. The van der Waals surface area contributed by atoms with Crippen LogP contribution in [0.3, 0.4) is 0 Å². The van der Waals surface area contributed by atoms with Crippen LogP contribution in [0.1, 0.15) is 70.3 Å². The number of hydrogen-bond donors (Lipinski definition) is 2. The number of carbonyl (C=O) groups is 2. The van der Waals surface area contributed by atoms with Crippen molar-refractivity contribution in [3.8, 4) is 11.5 Å². The van der Waals surface area contributed by atoms with Crippen LogP contribution in [0.4, 0.5) is 0 Å². The molecule has 1 aliphatic carbocycles. The van der Waals surface area contributed by atoms with Crippen molar-refractivity contribution >= 4 is 11.8 Å². The molecule has 1 saturated carbocycles. The average Bonchev–Trinajstić information content (AvgIpc) is 2.92. The molecule has 2 atom stereocenters. The molecule has 0 unspecified atom stereocenters. The van der Waals surface area contributed by atoms with Gasteiger partial charge in [-0.3, -0.25) is 14.5 Å². The molecule has 4 aliphatic rings. The molecule has 8 nitrogen and oxygen atoms in total. The second kappa shape index (κ2) is 11.0. The Morgan fingerprint density at radius 1 is 1.08 bits per heavy atom. The Hall–Kier alpha value is -2.32. The van der Waals surface area contributed by atoms with E-state index in [4.69, 9.17) is 9.47 Å². The number of amides is 2. The van der Waals surface area contributed by atoms with Gasteiger partial charge in [-0.1, -0.05) is 38.7 Å². The second-order valence-electron chi connectivity index (χ2n) is 11.0. The molecule has 198 valence electrons. The van der Waals surface area contributed by atoms with Gasteiger partial charge in [0.25, 0.3) is 0 Å². The summed E-state index contributed by atoms with van der Waals surface area (Å²) in [6, 6.07) is 5.26. The third kappa shape index (κ3) is 4.94. The molecule has 1 aromatic rings. The number of piperidine rings is 1. The van der Waals surface area contributed by atoms with Crippen LogP contribution in [0, 0.1) is 5.92 Å². The number of hydrogen-bond acceptors (Lipinski definition) is 6. The Morgan fingerprint density at radius 3 is 2.53 bits per heavy atom. The summed E-state index contributed by atoms with van der Waals surface area (Å²) in [5.74, 6) is 1.48. The smallest absolute Gasteiger partial charge is 0.248 e. The second-order valence-corrected chi connectivity index (χ2v) is 11.0. The van der Waals surface area contributed by atoms with Crippen LogP contribution in [0.15, 0.2) is 18.2 Å². The third-order valence-corrected chi connectivity index (χ3v) is 8.66. The zero-order valence-electron chi connectivity index (χ0n) is 21.5. The van der Waals surface area contributed by atoms with Crippen molar-refractivity contribution in [2.24, 2.45) is 5.92 Å². The van der Waals surface area contributed by atoms with Gasteiger partial charge in [-0.15, -0.1) is 0 Å². The molecule has 3 aliphatic heterocycles. The summed E-state index contributed by atoms with van der Waals surface area (Å²) in [5, 5.41) is 14.1. The average molecular weight is 500 g/mol. The van der Waals surface area contributed by atoms with Crippen LogP contribution in [0.2, 0.25) is 0 Å². The summed E-state index contributed by atoms with van der Waals surface area (Å²) in [4.78, 5) is 31.6. The Bertz CT molecular complexity index is 939. The summed E-state index contributed by atoms with van der Waals surface area (Å²) in [6.45, 7) is 6.04. The summed E-state index contributed by atoms with van der Waals surface area (Å²) in [5.41, 5.74) is 0.330. The highest BCUT2D eigenvalue weighted by molar-refractivity contribution is 6.00. The standard InChI is InChI=1S/C28H41N3O5/c1-2-3-13-31-26(33)24(25(32)21-7-5-4-6-8-21)29-27(34)28(31)11-14-30(15-12-28)19-20-9-10-22-23(18-20)36-17-16-35-22/h9-10,18,21,24-25,32H,2-8,11-17,19H2,1H3,(H,29,34)/t24-,25-/m1/s1. The van der Waals surface area contributed by atoms with E-state index in [-0.39, 0.29) is 17.7 Å². The van der Waals surface area contributed by atoms with Gasteiger partial charge in [-0.25, -0.2) is 0 Å². The minimum Gasteiger partial charge on any atom is -0.486 e. The fourth-order valence-corrected chi connectivity index (χ4v) is 6.48. The van der Waals surface area contributed by atoms with Crippen LogP contribution in [-0.2, 0) is 16.1 Å². The van der Waals surface area contributed by atoms with Gasteiger partial charge in [0.05, 0.1) is 6.10 Å². The number of likely N-dealkylation sites (tertiary alicyclic amines) is 1. The fourth-order valence-electron chi connectivity index (χ4n) is 6.48. The van der Waals surface area contributed by atoms with Crippen molar-refractivity contribution in [1.29, 1.82) is 0 Å². The SMILES string of the molecule is CCCCN1C(=O)[C@@H]([C@H](O)C2CCCCC2)NC(=O)C12CCN(Cc1ccc3c(c1)OCCO3)CC2. The highest BCUT2D eigenvalue weighted by Gasteiger charge is 2.55. The molecule has 36 heavy (non-hydrogen) atoms. The summed E-state index contributed by atoms with van der Waals surface area (Å²) >= 11 is 0. The zero-order chi connectivity index (χ0) is 25.1. The van der Waals surface area contributed by atoms with Crippen LogP contribution < -0.4 is 14.8 Å². The number of nitrogens with one attached hydrogen (secondary N) is 1. The van der Waals surface area contributed by atoms with Crippen LogP contribution in [0.25, 0.3) is 0 Å². The van der Waals surface area contributed by atoms with E-state index in [9.17, 15) is 14.7 Å². The maximum absolute atomic E-state index is 13.8. The van der Waals surface area contributed by atoms with E-state index < -0.39 is 17.7 Å². The maximum atomic E-state index is 13.8. The van der Waals surface area contributed by atoms with Gasteiger partial charge in [0.15, 0.2) is 11.5 Å². The quantitative estimate of drug-likeness (QED) is 0.600. The first kappa shape index (κ1) is 25.3. The van der Waals surface area contributed by atoms with Crippen LogP contribution in [0.5, 0.6) is 11.5 Å². The number of rotatable bonds is 7. The molecule has 0 bridgehead atoms. The van der Waals surface area contributed by atoms with E-state index in [0.29, 0.717) is 32.6 Å². The lowest BCUT2D eigenvalue weighted by atomic mass is 9.78.